The van der Waals surface area contributed by atoms with Gasteiger partial charge >= 0.3 is 0 Å². The van der Waals surface area contributed by atoms with Crippen molar-refractivity contribution in [3.8, 4) is 0 Å². The van der Waals surface area contributed by atoms with Crippen LogP contribution < -0.4 is 0 Å². The minimum absolute atomic E-state index is 0.199. The highest BCUT2D eigenvalue weighted by Crippen LogP contribution is 2.19. The molecule has 0 bridgehead atoms. The van der Waals surface area contributed by atoms with E-state index in [4.69, 9.17) is 0 Å². The maximum Gasteiger partial charge on any atom is 0.178 e. The predicted molar refractivity (Wildman–Crippen MR) is 89.4 cm³/mol. The molecule has 1 saturated heterocycles. The Hall–Kier alpha value is -1.94. The molecule has 4 heteroatoms. The van der Waals surface area contributed by atoms with Crippen LogP contribution in [0.5, 0.6) is 0 Å². The normalized spacial score (nSPS) is 15.3. The van der Waals surface area contributed by atoms with Gasteiger partial charge in [0.2, 0.25) is 0 Å². The van der Waals surface area contributed by atoms with E-state index in [-0.39, 0.29) is 11.6 Å². The summed E-state index contributed by atoms with van der Waals surface area (Å²) >= 11 is 0. The van der Waals surface area contributed by atoms with Gasteiger partial charge in [-0.2, -0.15) is 0 Å². The van der Waals surface area contributed by atoms with E-state index >= 15 is 0 Å². The third-order valence-corrected chi connectivity index (χ3v) is 4.69. The summed E-state index contributed by atoms with van der Waals surface area (Å²) < 4.78 is 15.2. The molecule has 3 nitrogen and oxygen atoms in total. The number of hydrogen-bond acceptors (Lipinski definition) is 2. The van der Waals surface area contributed by atoms with Gasteiger partial charge in [-0.25, -0.2) is 4.39 Å². The molecule has 0 N–H and O–H groups in total. The van der Waals surface area contributed by atoms with Gasteiger partial charge in [0, 0.05) is 23.5 Å². The number of nitrogens with zero attached hydrogens (tertiary/aromatic N) is 2. The minimum Gasteiger partial charge on any atom is -0.344 e. The van der Waals surface area contributed by atoms with E-state index in [9.17, 15) is 9.18 Å². The van der Waals surface area contributed by atoms with Crippen molar-refractivity contribution in [3.63, 3.8) is 0 Å². The van der Waals surface area contributed by atoms with Crippen LogP contribution in [0.15, 0.2) is 30.3 Å². The molecule has 0 aliphatic carbocycles. The molecule has 122 valence electrons. The molecule has 0 unspecified atom stereocenters. The van der Waals surface area contributed by atoms with Crippen LogP contribution >= 0.6 is 0 Å². The Labute approximate surface area is 136 Å². The van der Waals surface area contributed by atoms with Crippen LogP contribution in [-0.4, -0.2) is 34.9 Å². The standard InChI is InChI=1S/C19H23FN2O/c1-14-11-18(19(23)13-21-9-3-4-10-21)15(2)22(14)12-16-5-7-17(20)8-6-16/h5-8,11H,3-4,9-10,12-13H2,1-2H3. The second kappa shape index (κ2) is 6.67. The molecule has 1 aliphatic rings. The fourth-order valence-electron chi connectivity index (χ4n) is 3.33. The van der Waals surface area contributed by atoms with Gasteiger partial charge in [0.05, 0.1) is 6.54 Å². The van der Waals surface area contributed by atoms with E-state index in [1.54, 1.807) is 12.1 Å². The van der Waals surface area contributed by atoms with E-state index in [0.717, 1.165) is 35.6 Å². The molecule has 0 spiro atoms. The third-order valence-electron chi connectivity index (χ3n) is 4.69. The second-order valence-corrected chi connectivity index (χ2v) is 6.40. The zero-order chi connectivity index (χ0) is 16.4. The Balaban J connectivity index is 1.78. The maximum absolute atomic E-state index is 13.0. The van der Waals surface area contributed by atoms with Crippen molar-refractivity contribution in [1.29, 1.82) is 0 Å². The number of hydrogen-bond donors (Lipinski definition) is 0. The van der Waals surface area contributed by atoms with Crippen molar-refractivity contribution in [3.05, 3.63) is 58.7 Å². The quantitative estimate of drug-likeness (QED) is 0.788. The van der Waals surface area contributed by atoms with E-state index < -0.39 is 0 Å². The molecular formula is C19H23FN2O. The Morgan fingerprint density at radius 3 is 2.43 bits per heavy atom. The zero-order valence-electron chi connectivity index (χ0n) is 13.8. The summed E-state index contributed by atoms with van der Waals surface area (Å²) in [5, 5.41) is 0. The van der Waals surface area contributed by atoms with Crippen molar-refractivity contribution >= 4 is 5.78 Å². The van der Waals surface area contributed by atoms with Gasteiger partial charge in [-0.05, 0) is 63.5 Å². The Kier molecular flexibility index (Phi) is 4.62. The van der Waals surface area contributed by atoms with Crippen molar-refractivity contribution < 1.29 is 9.18 Å². The topological polar surface area (TPSA) is 25.2 Å². The number of carbonyl (C=O) groups is 1. The van der Waals surface area contributed by atoms with Crippen molar-refractivity contribution in [2.45, 2.75) is 33.2 Å². The van der Waals surface area contributed by atoms with Gasteiger partial charge in [-0.3, -0.25) is 9.69 Å². The maximum atomic E-state index is 13.0. The molecule has 23 heavy (non-hydrogen) atoms. The van der Waals surface area contributed by atoms with E-state index in [1.807, 2.05) is 19.9 Å². The average molecular weight is 314 g/mol. The van der Waals surface area contributed by atoms with Crippen molar-refractivity contribution in [2.75, 3.05) is 19.6 Å². The van der Waals surface area contributed by atoms with Crippen LogP contribution in [0.3, 0.4) is 0 Å². The SMILES string of the molecule is Cc1cc(C(=O)CN2CCCC2)c(C)n1Cc1ccc(F)cc1. The molecule has 1 fully saturated rings. The fourth-order valence-corrected chi connectivity index (χ4v) is 3.33. The van der Waals surface area contributed by atoms with Gasteiger partial charge < -0.3 is 4.57 Å². The molecule has 2 aromatic rings. The number of rotatable bonds is 5. The lowest BCUT2D eigenvalue weighted by molar-refractivity contribution is 0.0944. The molecule has 1 aliphatic heterocycles. The lowest BCUT2D eigenvalue weighted by Crippen LogP contribution is -2.27. The molecule has 0 radical (unpaired) electrons. The highest BCUT2D eigenvalue weighted by atomic mass is 19.1. The summed E-state index contributed by atoms with van der Waals surface area (Å²) in [7, 11) is 0. The van der Waals surface area contributed by atoms with Gasteiger partial charge in [0.15, 0.2) is 5.78 Å². The minimum atomic E-state index is -0.226. The first-order chi connectivity index (χ1) is 11.0. The Bertz CT molecular complexity index is 697. The van der Waals surface area contributed by atoms with E-state index in [2.05, 4.69) is 9.47 Å². The largest absolute Gasteiger partial charge is 0.344 e. The first-order valence-electron chi connectivity index (χ1n) is 8.21. The molecule has 3 rings (SSSR count). The average Bonchev–Trinajstić information content (AvgIpc) is 3.12. The highest BCUT2D eigenvalue weighted by Gasteiger charge is 2.20. The van der Waals surface area contributed by atoms with E-state index in [0.29, 0.717) is 13.1 Å². The summed E-state index contributed by atoms with van der Waals surface area (Å²) in [5.41, 5.74) is 3.91. The third kappa shape index (κ3) is 3.53. The smallest absolute Gasteiger partial charge is 0.178 e. The predicted octanol–water partition coefficient (Wildman–Crippen LogP) is 3.57. The van der Waals surface area contributed by atoms with Gasteiger partial charge in [0.1, 0.15) is 5.82 Å². The molecular weight excluding hydrogens is 291 g/mol. The van der Waals surface area contributed by atoms with Gasteiger partial charge in [0.25, 0.3) is 0 Å². The fraction of sp³-hybridized carbons (Fsp3) is 0.421. The first-order valence-corrected chi connectivity index (χ1v) is 8.21. The second-order valence-electron chi connectivity index (χ2n) is 6.40. The Morgan fingerprint density at radius 2 is 1.78 bits per heavy atom. The highest BCUT2D eigenvalue weighted by molar-refractivity contribution is 5.99. The summed E-state index contributed by atoms with van der Waals surface area (Å²) in [6.07, 6.45) is 2.38. The number of aromatic nitrogens is 1. The van der Waals surface area contributed by atoms with Gasteiger partial charge in [-0.15, -0.1) is 0 Å². The molecule has 1 aromatic carbocycles. The van der Waals surface area contributed by atoms with Gasteiger partial charge in [-0.1, -0.05) is 12.1 Å². The molecule has 1 aromatic heterocycles. The number of aryl methyl sites for hydroxylation is 1. The van der Waals surface area contributed by atoms with Crippen LogP contribution in [0, 0.1) is 19.7 Å². The zero-order valence-corrected chi connectivity index (χ0v) is 13.8. The molecule has 2 heterocycles. The molecule has 0 amide bonds. The first kappa shape index (κ1) is 15.9. The van der Waals surface area contributed by atoms with Crippen LogP contribution in [0.4, 0.5) is 4.39 Å². The number of benzene rings is 1. The van der Waals surface area contributed by atoms with E-state index in [1.165, 1.54) is 25.0 Å². The van der Waals surface area contributed by atoms with Crippen LogP contribution in [0.2, 0.25) is 0 Å². The lowest BCUT2D eigenvalue weighted by Gasteiger charge is -2.14. The Morgan fingerprint density at radius 1 is 1.13 bits per heavy atom. The van der Waals surface area contributed by atoms with Crippen molar-refractivity contribution in [2.24, 2.45) is 0 Å². The summed E-state index contributed by atoms with van der Waals surface area (Å²) in [6, 6.07) is 8.52. The molecule has 0 atom stereocenters. The number of carbonyl (C=O) groups excluding carboxylic acids is 1. The van der Waals surface area contributed by atoms with Crippen LogP contribution in [0.25, 0.3) is 0 Å². The van der Waals surface area contributed by atoms with Crippen LogP contribution in [0.1, 0.15) is 40.2 Å². The summed E-state index contributed by atoms with van der Waals surface area (Å²) in [4.78, 5) is 14.8. The summed E-state index contributed by atoms with van der Waals surface area (Å²) in [6.45, 7) is 7.24. The number of likely N-dealkylation sites (tertiary alicyclic amines) is 1. The lowest BCUT2D eigenvalue weighted by atomic mass is 10.1. The number of ketones is 1. The number of halogens is 1. The number of Topliss-reactive ketones (excluding diaryl/α,β-unsaturated/α-hetero) is 1. The monoisotopic (exact) mass is 314 g/mol. The van der Waals surface area contributed by atoms with Crippen LogP contribution in [-0.2, 0) is 6.54 Å². The van der Waals surface area contributed by atoms with Crippen molar-refractivity contribution in [1.82, 2.24) is 9.47 Å². The summed E-state index contributed by atoms with van der Waals surface area (Å²) in [5.74, 6) is -0.0264. The molecule has 0 saturated carbocycles.